The minimum Gasteiger partial charge on any atom is -0.315 e. The zero-order chi connectivity index (χ0) is 20.2. The zero-order valence-electron chi connectivity index (χ0n) is 18.3. The molecular weight excluding hydrogens is 380 g/mol. The summed E-state index contributed by atoms with van der Waals surface area (Å²) in [7, 11) is 0. The Morgan fingerprint density at radius 3 is 2.93 bits per heavy atom. The summed E-state index contributed by atoms with van der Waals surface area (Å²) in [5.74, 6) is 2.40. The first-order chi connectivity index (χ1) is 14.1. The Kier molecular flexibility index (Phi) is 6.98. The van der Waals surface area contributed by atoms with Gasteiger partial charge in [0.2, 0.25) is 0 Å². The highest BCUT2D eigenvalue weighted by molar-refractivity contribution is 7.11. The van der Waals surface area contributed by atoms with Crippen molar-refractivity contribution in [1.29, 1.82) is 0 Å². The molecule has 2 aliphatic heterocycles. The fourth-order valence-electron chi connectivity index (χ4n) is 4.67. The molecule has 0 bridgehead atoms. The van der Waals surface area contributed by atoms with Crippen LogP contribution in [0.15, 0.2) is 0 Å². The fourth-order valence-corrected chi connectivity index (χ4v) is 5.67. The first-order valence-electron chi connectivity index (χ1n) is 11.5. The van der Waals surface area contributed by atoms with Gasteiger partial charge in [-0.15, -0.1) is 21.5 Å². The lowest BCUT2D eigenvalue weighted by molar-refractivity contribution is 0.233. The standard InChI is InChI=1S/C22H36N6S.H2/c1-16(2)23-12-7-9-18-17(3)29-21(24-18)15-27-13-8-10-19(27)22-26-25-20-11-5-4-6-14-28(20)22;/h16,19,23H,4-15H2,1-3H3;1H. The van der Waals surface area contributed by atoms with Crippen LogP contribution in [-0.2, 0) is 25.9 Å². The number of nitrogens with one attached hydrogen (secondary N) is 1. The van der Waals surface area contributed by atoms with E-state index in [0.717, 1.165) is 45.4 Å². The summed E-state index contributed by atoms with van der Waals surface area (Å²) in [5.41, 5.74) is 1.29. The van der Waals surface area contributed by atoms with Crippen molar-refractivity contribution in [3.8, 4) is 0 Å². The Bertz CT molecular complexity index is 802. The normalized spacial score (nSPS) is 20.3. The molecule has 1 fully saturated rings. The van der Waals surface area contributed by atoms with E-state index in [1.54, 1.807) is 0 Å². The molecule has 1 N–H and O–H groups in total. The molecule has 1 unspecified atom stereocenters. The van der Waals surface area contributed by atoms with Gasteiger partial charge in [0, 0.05) is 25.3 Å². The van der Waals surface area contributed by atoms with Crippen LogP contribution in [0, 0.1) is 6.92 Å². The Morgan fingerprint density at radius 2 is 2.07 bits per heavy atom. The van der Waals surface area contributed by atoms with E-state index in [1.165, 1.54) is 59.3 Å². The molecule has 0 radical (unpaired) electrons. The van der Waals surface area contributed by atoms with E-state index < -0.39 is 0 Å². The number of fused-ring (bicyclic) bond motifs is 1. The van der Waals surface area contributed by atoms with Crippen LogP contribution < -0.4 is 5.32 Å². The molecule has 1 atom stereocenters. The lowest BCUT2D eigenvalue weighted by Gasteiger charge is -2.23. The third kappa shape index (κ3) is 5.06. The number of likely N-dealkylation sites (tertiary alicyclic amines) is 1. The number of thiazole rings is 1. The predicted octanol–water partition coefficient (Wildman–Crippen LogP) is 4.28. The van der Waals surface area contributed by atoms with Crippen LogP contribution in [0.25, 0.3) is 0 Å². The summed E-state index contributed by atoms with van der Waals surface area (Å²) >= 11 is 1.88. The first kappa shape index (κ1) is 20.9. The van der Waals surface area contributed by atoms with Crippen molar-refractivity contribution in [2.45, 2.75) is 97.3 Å². The largest absolute Gasteiger partial charge is 0.315 e. The molecule has 0 aliphatic carbocycles. The average molecular weight is 419 g/mol. The molecule has 0 saturated carbocycles. The number of aromatic nitrogens is 4. The van der Waals surface area contributed by atoms with E-state index in [0.29, 0.717) is 12.1 Å². The van der Waals surface area contributed by atoms with E-state index in [1.807, 2.05) is 11.3 Å². The molecule has 0 amide bonds. The predicted molar refractivity (Wildman–Crippen MR) is 120 cm³/mol. The SMILES string of the molecule is Cc1sc(CN2CCCC2c2nnc3n2CCCCC3)nc1CCCNC(C)C.[HH]. The van der Waals surface area contributed by atoms with Gasteiger partial charge in [-0.05, 0) is 58.5 Å². The minimum atomic E-state index is 0. The van der Waals surface area contributed by atoms with Gasteiger partial charge in [-0.3, -0.25) is 4.90 Å². The second kappa shape index (κ2) is 9.67. The van der Waals surface area contributed by atoms with E-state index >= 15 is 0 Å². The number of nitrogens with zero attached hydrogens (tertiary/aromatic N) is 5. The van der Waals surface area contributed by atoms with E-state index in [4.69, 9.17) is 4.98 Å². The van der Waals surface area contributed by atoms with Crippen LogP contribution in [0.4, 0.5) is 0 Å². The number of rotatable bonds is 8. The van der Waals surface area contributed by atoms with Gasteiger partial charge in [0.1, 0.15) is 16.7 Å². The van der Waals surface area contributed by atoms with Crippen molar-refractivity contribution in [3.05, 3.63) is 27.2 Å². The van der Waals surface area contributed by atoms with E-state index in [9.17, 15) is 0 Å². The summed E-state index contributed by atoms with van der Waals surface area (Å²) < 4.78 is 2.43. The number of hydrogen-bond acceptors (Lipinski definition) is 6. The minimum absolute atomic E-state index is 0. The first-order valence-corrected chi connectivity index (χ1v) is 12.3. The molecule has 1 saturated heterocycles. The third-order valence-electron chi connectivity index (χ3n) is 6.22. The Balaban J connectivity index is 0.00000256. The lowest BCUT2D eigenvalue weighted by atomic mass is 10.2. The maximum Gasteiger partial charge on any atom is 0.150 e. The molecule has 0 spiro atoms. The summed E-state index contributed by atoms with van der Waals surface area (Å²) in [6.07, 6.45) is 9.56. The smallest absolute Gasteiger partial charge is 0.150 e. The van der Waals surface area contributed by atoms with Gasteiger partial charge in [0.05, 0.1) is 18.3 Å². The summed E-state index contributed by atoms with van der Waals surface area (Å²) in [5, 5.41) is 14.0. The lowest BCUT2D eigenvalue weighted by Crippen LogP contribution is -2.25. The molecule has 2 aromatic rings. The highest BCUT2D eigenvalue weighted by Crippen LogP contribution is 2.34. The Labute approximate surface area is 180 Å². The second-order valence-electron chi connectivity index (χ2n) is 8.89. The van der Waals surface area contributed by atoms with Crippen molar-refractivity contribution in [3.63, 3.8) is 0 Å². The highest BCUT2D eigenvalue weighted by atomic mass is 32.1. The molecule has 2 aliphatic rings. The Morgan fingerprint density at radius 1 is 1.17 bits per heavy atom. The molecule has 6 nitrogen and oxygen atoms in total. The molecule has 4 rings (SSSR count). The van der Waals surface area contributed by atoms with Crippen LogP contribution in [0.5, 0.6) is 0 Å². The third-order valence-corrected chi connectivity index (χ3v) is 7.22. The van der Waals surface area contributed by atoms with Crippen molar-refractivity contribution >= 4 is 11.3 Å². The van der Waals surface area contributed by atoms with Gasteiger partial charge in [-0.2, -0.15) is 0 Å². The van der Waals surface area contributed by atoms with Crippen LogP contribution in [0.2, 0.25) is 0 Å². The van der Waals surface area contributed by atoms with Gasteiger partial charge in [0.15, 0.2) is 0 Å². The molecule has 29 heavy (non-hydrogen) atoms. The summed E-state index contributed by atoms with van der Waals surface area (Å²) in [6.45, 7) is 10.9. The van der Waals surface area contributed by atoms with Gasteiger partial charge >= 0.3 is 0 Å². The summed E-state index contributed by atoms with van der Waals surface area (Å²) in [4.78, 5) is 8.99. The van der Waals surface area contributed by atoms with Crippen LogP contribution in [0.3, 0.4) is 0 Å². The Hall–Kier alpha value is -1.31. The van der Waals surface area contributed by atoms with Crippen molar-refractivity contribution < 1.29 is 1.43 Å². The van der Waals surface area contributed by atoms with Gasteiger partial charge in [-0.25, -0.2) is 4.98 Å². The maximum absolute atomic E-state index is 5.01. The van der Waals surface area contributed by atoms with Crippen LogP contribution in [-0.4, -0.2) is 43.8 Å². The van der Waals surface area contributed by atoms with Crippen LogP contribution >= 0.6 is 11.3 Å². The number of aryl methyl sites for hydroxylation is 3. The monoisotopic (exact) mass is 418 g/mol. The fraction of sp³-hybridized carbons (Fsp3) is 0.773. The average Bonchev–Trinajstić information content (AvgIpc) is 3.34. The van der Waals surface area contributed by atoms with Gasteiger partial charge in [-0.1, -0.05) is 20.3 Å². The second-order valence-corrected chi connectivity index (χ2v) is 10.2. The van der Waals surface area contributed by atoms with E-state index in [2.05, 4.69) is 45.8 Å². The highest BCUT2D eigenvalue weighted by Gasteiger charge is 2.32. The van der Waals surface area contributed by atoms with Crippen LogP contribution in [0.1, 0.15) is 87.1 Å². The molecule has 2 aromatic heterocycles. The number of hydrogen-bond donors (Lipinski definition) is 1. The maximum atomic E-state index is 5.01. The molecule has 4 heterocycles. The molecular formula is C22H38N6S. The van der Waals surface area contributed by atoms with Crippen molar-refractivity contribution in [2.75, 3.05) is 13.1 Å². The zero-order valence-corrected chi connectivity index (χ0v) is 19.1. The summed E-state index contributed by atoms with van der Waals surface area (Å²) in [6, 6.07) is 0.957. The van der Waals surface area contributed by atoms with Gasteiger partial charge < -0.3 is 9.88 Å². The van der Waals surface area contributed by atoms with Gasteiger partial charge in [0.25, 0.3) is 0 Å². The van der Waals surface area contributed by atoms with Crippen molar-refractivity contribution in [2.24, 2.45) is 0 Å². The quantitative estimate of drug-likeness (QED) is 0.648. The molecule has 162 valence electrons. The van der Waals surface area contributed by atoms with Crippen molar-refractivity contribution in [1.82, 2.24) is 30.0 Å². The molecule has 7 heteroatoms. The van der Waals surface area contributed by atoms with E-state index in [-0.39, 0.29) is 1.43 Å². The topological polar surface area (TPSA) is 58.9 Å². The molecule has 0 aromatic carbocycles.